The van der Waals surface area contributed by atoms with Gasteiger partial charge in [0, 0.05) is 26.1 Å². The summed E-state index contributed by atoms with van der Waals surface area (Å²) in [7, 11) is 1.73. The van der Waals surface area contributed by atoms with E-state index >= 15 is 0 Å². The van der Waals surface area contributed by atoms with Crippen LogP contribution in [-0.4, -0.2) is 47.1 Å². The van der Waals surface area contributed by atoms with Crippen molar-refractivity contribution < 1.29 is 4.79 Å². The Labute approximate surface area is 134 Å². The number of carbonyl (C=O) groups excluding carboxylic acids is 1. The lowest BCUT2D eigenvalue weighted by atomic mass is 10.1. The first-order chi connectivity index (χ1) is 11.2. The zero-order chi connectivity index (χ0) is 16.0. The van der Waals surface area contributed by atoms with Gasteiger partial charge in [-0.1, -0.05) is 18.1 Å². The van der Waals surface area contributed by atoms with Crippen molar-refractivity contribution in [1.82, 2.24) is 34.7 Å². The second kappa shape index (κ2) is 5.43. The van der Waals surface area contributed by atoms with E-state index in [1.165, 1.54) is 36.6 Å². The van der Waals surface area contributed by atoms with Crippen LogP contribution in [0.4, 0.5) is 0 Å². The van der Waals surface area contributed by atoms with Gasteiger partial charge in [-0.3, -0.25) is 4.79 Å². The summed E-state index contributed by atoms with van der Waals surface area (Å²) >= 11 is 0. The standard InChI is InChI=1S/C15H21N7O/c1-10-13-17-18-14(11-5-3-4-6-11)22(13)8-7-21(10)15(23)12-9-16-19-20(12)2/h9-11H,3-8H2,1-2H3. The summed E-state index contributed by atoms with van der Waals surface area (Å²) in [6.45, 7) is 3.44. The van der Waals surface area contributed by atoms with Crippen molar-refractivity contribution in [3.63, 3.8) is 0 Å². The van der Waals surface area contributed by atoms with Gasteiger partial charge in [0.25, 0.3) is 5.91 Å². The summed E-state index contributed by atoms with van der Waals surface area (Å²) in [6, 6.07) is -0.0891. The maximum absolute atomic E-state index is 12.7. The Morgan fingerprint density at radius 1 is 1.17 bits per heavy atom. The Hall–Kier alpha value is -2.25. The highest BCUT2D eigenvalue weighted by atomic mass is 16.2. The molecule has 1 aliphatic heterocycles. The first-order valence-electron chi connectivity index (χ1n) is 8.25. The maximum Gasteiger partial charge on any atom is 0.274 e. The van der Waals surface area contributed by atoms with Gasteiger partial charge in [0.15, 0.2) is 5.82 Å². The van der Waals surface area contributed by atoms with E-state index in [1.54, 1.807) is 7.05 Å². The van der Waals surface area contributed by atoms with Crippen molar-refractivity contribution in [3.8, 4) is 0 Å². The Kier molecular flexibility index (Phi) is 3.39. The van der Waals surface area contributed by atoms with Gasteiger partial charge in [0.05, 0.1) is 12.2 Å². The molecular weight excluding hydrogens is 294 g/mol. The van der Waals surface area contributed by atoms with Crippen LogP contribution in [0.3, 0.4) is 0 Å². The summed E-state index contributed by atoms with van der Waals surface area (Å²) in [6.07, 6.45) is 6.48. The van der Waals surface area contributed by atoms with Crippen LogP contribution in [0.15, 0.2) is 6.20 Å². The van der Waals surface area contributed by atoms with Crippen LogP contribution in [0.25, 0.3) is 0 Å². The molecule has 2 aromatic rings. The smallest absolute Gasteiger partial charge is 0.274 e. The normalized spacial score (nSPS) is 21.7. The minimum Gasteiger partial charge on any atom is -0.325 e. The number of carbonyl (C=O) groups is 1. The van der Waals surface area contributed by atoms with Gasteiger partial charge in [0.1, 0.15) is 11.5 Å². The van der Waals surface area contributed by atoms with Gasteiger partial charge in [-0.05, 0) is 19.8 Å². The number of nitrogens with zero attached hydrogens (tertiary/aromatic N) is 7. The molecule has 8 nitrogen and oxygen atoms in total. The number of fused-ring (bicyclic) bond motifs is 1. The predicted octanol–water partition coefficient (Wildman–Crippen LogP) is 1.28. The highest BCUT2D eigenvalue weighted by Crippen LogP contribution is 2.35. The summed E-state index contributed by atoms with van der Waals surface area (Å²) in [5, 5.41) is 16.5. The van der Waals surface area contributed by atoms with E-state index in [-0.39, 0.29) is 11.9 Å². The predicted molar refractivity (Wildman–Crippen MR) is 81.7 cm³/mol. The van der Waals surface area contributed by atoms with Crippen LogP contribution in [0.2, 0.25) is 0 Å². The number of rotatable bonds is 2. The highest BCUT2D eigenvalue weighted by molar-refractivity contribution is 5.92. The van der Waals surface area contributed by atoms with E-state index in [2.05, 4.69) is 25.1 Å². The van der Waals surface area contributed by atoms with Gasteiger partial charge in [-0.15, -0.1) is 15.3 Å². The Morgan fingerprint density at radius 3 is 2.61 bits per heavy atom. The molecule has 2 aliphatic rings. The van der Waals surface area contributed by atoms with Crippen LogP contribution in [-0.2, 0) is 13.6 Å². The minimum atomic E-state index is -0.0891. The monoisotopic (exact) mass is 315 g/mol. The van der Waals surface area contributed by atoms with Crippen LogP contribution in [0, 0.1) is 0 Å². The molecule has 2 aromatic heterocycles. The summed E-state index contributed by atoms with van der Waals surface area (Å²) in [4.78, 5) is 14.6. The molecule has 1 fully saturated rings. The largest absolute Gasteiger partial charge is 0.325 e. The lowest BCUT2D eigenvalue weighted by Crippen LogP contribution is -2.42. The van der Waals surface area contributed by atoms with Crippen LogP contribution >= 0.6 is 0 Å². The zero-order valence-electron chi connectivity index (χ0n) is 13.5. The first-order valence-corrected chi connectivity index (χ1v) is 8.25. The number of aromatic nitrogens is 6. The lowest BCUT2D eigenvalue weighted by molar-refractivity contribution is 0.0624. The average molecular weight is 315 g/mol. The lowest BCUT2D eigenvalue weighted by Gasteiger charge is -2.34. The van der Waals surface area contributed by atoms with Gasteiger partial charge in [-0.2, -0.15) is 0 Å². The molecule has 0 N–H and O–H groups in total. The highest BCUT2D eigenvalue weighted by Gasteiger charge is 2.34. The molecule has 122 valence electrons. The van der Waals surface area contributed by atoms with Crippen molar-refractivity contribution in [2.45, 2.75) is 51.1 Å². The second-order valence-electron chi connectivity index (χ2n) is 6.47. The maximum atomic E-state index is 12.7. The molecule has 4 rings (SSSR count). The molecule has 8 heteroatoms. The van der Waals surface area contributed by atoms with Gasteiger partial charge >= 0.3 is 0 Å². The van der Waals surface area contributed by atoms with Crippen LogP contribution < -0.4 is 0 Å². The Morgan fingerprint density at radius 2 is 1.91 bits per heavy atom. The van der Waals surface area contributed by atoms with Crippen molar-refractivity contribution in [2.24, 2.45) is 7.05 Å². The molecule has 1 unspecified atom stereocenters. The molecule has 0 saturated heterocycles. The third kappa shape index (κ3) is 2.24. The molecule has 0 spiro atoms. The molecule has 0 bridgehead atoms. The third-order valence-electron chi connectivity index (χ3n) is 5.13. The molecule has 1 saturated carbocycles. The SMILES string of the molecule is CC1c2nnc(C3CCCC3)n2CCN1C(=O)c1cnnn1C. The molecule has 1 amide bonds. The van der Waals surface area contributed by atoms with Crippen molar-refractivity contribution >= 4 is 5.91 Å². The minimum absolute atomic E-state index is 0.0540. The van der Waals surface area contributed by atoms with Crippen molar-refractivity contribution in [2.75, 3.05) is 6.54 Å². The molecule has 0 aromatic carbocycles. The van der Waals surface area contributed by atoms with E-state index < -0.39 is 0 Å². The molecule has 1 atom stereocenters. The van der Waals surface area contributed by atoms with Crippen LogP contribution in [0.1, 0.15) is 66.7 Å². The quantitative estimate of drug-likeness (QED) is 0.834. The van der Waals surface area contributed by atoms with E-state index in [1.807, 2.05) is 11.8 Å². The number of hydrogen-bond acceptors (Lipinski definition) is 5. The summed E-state index contributed by atoms with van der Waals surface area (Å²) < 4.78 is 3.74. The molecular formula is C15H21N7O. The van der Waals surface area contributed by atoms with Gasteiger partial charge in [-0.25, -0.2) is 4.68 Å². The molecule has 0 radical (unpaired) electrons. The third-order valence-corrected chi connectivity index (χ3v) is 5.13. The van der Waals surface area contributed by atoms with Crippen molar-refractivity contribution in [3.05, 3.63) is 23.5 Å². The van der Waals surface area contributed by atoms with E-state index in [4.69, 9.17) is 0 Å². The number of amides is 1. The number of aryl methyl sites for hydroxylation is 1. The fourth-order valence-electron chi connectivity index (χ4n) is 3.80. The zero-order valence-corrected chi connectivity index (χ0v) is 13.5. The van der Waals surface area contributed by atoms with Gasteiger partial charge < -0.3 is 9.47 Å². The summed E-state index contributed by atoms with van der Waals surface area (Å²) in [5.41, 5.74) is 0.501. The van der Waals surface area contributed by atoms with Crippen LogP contribution in [0.5, 0.6) is 0 Å². The Bertz CT molecular complexity index is 728. The average Bonchev–Trinajstić information content (AvgIpc) is 3.26. The van der Waals surface area contributed by atoms with Crippen molar-refractivity contribution in [1.29, 1.82) is 0 Å². The van der Waals surface area contributed by atoms with E-state index in [0.29, 0.717) is 18.2 Å². The van der Waals surface area contributed by atoms with E-state index in [9.17, 15) is 4.79 Å². The molecule has 1 aliphatic carbocycles. The summed E-state index contributed by atoms with van der Waals surface area (Å²) in [5.74, 6) is 2.48. The fourth-order valence-corrected chi connectivity index (χ4v) is 3.80. The topological polar surface area (TPSA) is 81.7 Å². The van der Waals surface area contributed by atoms with Gasteiger partial charge in [0.2, 0.25) is 0 Å². The molecule has 23 heavy (non-hydrogen) atoms. The first kappa shape index (κ1) is 14.3. The second-order valence-corrected chi connectivity index (χ2v) is 6.47. The fraction of sp³-hybridized carbons (Fsp3) is 0.667. The number of hydrogen-bond donors (Lipinski definition) is 0. The van der Waals surface area contributed by atoms with E-state index in [0.717, 1.165) is 18.2 Å². The Balaban J connectivity index is 1.61. The molecule has 3 heterocycles.